The van der Waals surface area contributed by atoms with Gasteiger partial charge in [0, 0.05) is 69.8 Å². The van der Waals surface area contributed by atoms with Gasteiger partial charge < -0.3 is 9.17 Å². The van der Waals surface area contributed by atoms with E-state index in [1.54, 1.807) is 19.9 Å². The molecule has 16 nitrogen and oxygen atoms in total. The number of halogens is 18. The monoisotopic (exact) mass is 1410 g/mol. The van der Waals surface area contributed by atoms with Crippen molar-refractivity contribution in [3.8, 4) is 39.7 Å². The number of allylic oxidation sites excluding steroid dienone is 4. The number of hydrogen-bond acceptors (Lipinski definition) is 10. The van der Waals surface area contributed by atoms with Gasteiger partial charge in [-0.1, -0.05) is 30.4 Å². The summed E-state index contributed by atoms with van der Waals surface area (Å²) in [7, 11) is -18.9. The molecule has 3 aromatic carbocycles. The number of aryl methyl sites for hydroxylation is 3. The number of aromatic nitrogens is 9. The molecule has 2 aliphatic carbocycles. The van der Waals surface area contributed by atoms with Gasteiger partial charge in [0.2, 0.25) is 5.88 Å². The van der Waals surface area contributed by atoms with Crippen LogP contribution in [-0.4, -0.2) is 84.0 Å². The summed E-state index contributed by atoms with van der Waals surface area (Å²) in [6, 6.07) is 18.2. The molecule has 11 rings (SSSR count). The maximum atomic E-state index is 13.5. The fourth-order valence-corrected chi connectivity index (χ4v) is 13.0. The molecule has 0 amide bonds. The number of H-pyrrole nitrogens is 1. The minimum Gasteiger partial charge on any atom is -0.356 e. The number of rotatable bonds is 12. The molecule has 0 fully saturated rings. The largest absolute Gasteiger partial charge is 0.534 e. The van der Waals surface area contributed by atoms with Gasteiger partial charge in [0.15, 0.2) is 17.1 Å². The quantitative estimate of drug-likeness (QED) is 0.0699. The molecule has 0 atom stereocenters. The minimum atomic E-state index is -6.60. The van der Waals surface area contributed by atoms with Gasteiger partial charge in [-0.25, -0.2) is 3.97 Å². The van der Waals surface area contributed by atoms with E-state index in [1.165, 1.54) is 54.3 Å². The van der Waals surface area contributed by atoms with Crippen LogP contribution >= 0.6 is 0 Å². The molecule has 508 valence electrons. The fraction of sp³-hybridized carbons (Fsp3) is 0.351. The second-order valence-corrected chi connectivity index (χ2v) is 26.2. The van der Waals surface area contributed by atoms with E-state index in [-0.39, 0.29) is 58.3 Å². The molecule has 0 unspecified atom stereocenters. The van der Waals surface area contributed by atoms with Crippen molar-refractivity contribution in [2.24, 2.45) is 0 Å². The lowest BCUT2D eigenvalue weighted by atomic mass is 9.97. The van der Waals surface area contributed by atoms with Crippen LogP contribution in [0, 0.1) is 0 Å². The van der Waals surface area contributed by atoms with Gasteiger partial charge in [0.1, 0.15) is 0 Å². The number of nitrogens with one attached hydrogen (secondary N) is 1. The summed E-state index contributed by atoms with van der Waals surface area (Å²) in [5.74, 6) is -1.87. The Bertz CT molecular complexity index is 4770. The molecule has 0 radical (unpaired) electrons. The van der Waals surface area contributed by atoms with Crippen LogP contribution in [0.15, 0.2) is 103 Å². The van der Waals surface area contributed by atoms with Crippen LogP contribution in [0.2, 0.25) is 0 Å². The molecule has 6 aromatic heterocycles. The molecule has 0 saturated carbocycles. The van der Waals surface area contributed by atoms with Crippen LogP contribution in [0.1, 0.15) is 101 Å². The topological polar surface area (TPSA) is 191 Å². The molecule has 9 aromatic rings. The highest BCUT2D eigenvalue weighted by molar-refractivity contribution is 7.91. The smallest absolute Gasteiger partial charge is 0.356 e. The van der Waals surface area contributed by atoms with Crippen molar-refractivity contribution in [3.63, 3.8) is 0 Å². The fourth-order valence-electron chi connectivity index (χ4n) is 10.5. The van der Waals surface area contributed by atoms with Crippen molar-refractivity contribution < 1.29 is 108 Å². The second kappa shape index (κ2) is 25.2. The third kappa shape index (κ3) is 14.0. The Morgan fingerprint density at radius 1 is 0.436 bits per heavy atom. The Labute approximate surface area is 520 Å². The predicted octanol–water partition coefficient (Wildman–Crippen LogP) is 16.7. The van der Waals surface area contributed by atoms with Gasteiger partial charge >= 0.3 is 65.2 Å². The molecule has 1 N–H and O–H groups in total. The Morgan fingerprint density at radius 3 is 1.22 bits per heavy atom. The zero-order valence-electron chi connectivity index (χ0n) is 48.6. The highest BCUT2D eigenvalue weighted by Gasteiger charge is 2.53. The molecule has 94 heavy (non-hydrogen) atoms. The van der Waals surface area contributed by atoms with Crippen molar-refractivity contribution in [2.45, 2.75) is 127 Å². The maximum Gasteiger partial charge on any atom is 0.534 e. The van der Waals surface area contributed by atoms with Gasteiger partial charge in [0.25, 0.3) is 0 Å². The summed E-state index contributed by atoms with van der Waals surface area (Å²) in [5, 5.41) is 11.2. The number of fused-ring (bicyclic) bond motifs is 3. The first kappa shape index (κ1) is 70.1. The van der Waals surface area contributed by atoms with Crippen molar-refractivity contribution in [3.05, 3.63) is 132 Å². The lowest BCUT2D eigenvalue weighted by molar-refractivity contribution is -0.142. The summed E-state index contributed by atoms with van der Waals surface area (Å²) in [6.07, 6.45) is -2.77. The summed E-state index contributed by atoms with van der Waals surface area (Å²) in [6.45, 7) is 5.22. The van der Waals surface area contributed by atoms with Crippen LogP contribution in [0.25, 0.3) is 77.6 Å². The number of benzene rings is 3. The molecule has 0 spiro atoms. The van der Waals surface area contributed by atoms with Crippen molar-refractivity contribution in [1.29, 1.82) is 0 Å². The molecular weight excluding hydrogens is 1360 g/mol. The van der Waals surface area contributed by atoms with E-state index < -0.39 is 103 Å². The number of hydrogen-bond donors (Lipinski definition) is 1. The van der Waals surface area contributed by atoms with Gasteiger partial charge in [0.05, 0.1) is 33.8 Å². The Kier molecular flexibility index (Phi) is 18.8. The maximum absolute atomic E-state index is 13.5. The van der Waals surface area contributed by atoms with Crippen molar-refractivity contribution in [2.75, 3.05) is 0 Å². The van der Waals surface area contributed by atoms with Crippen LogP contribution in [0.5, 0.6) is 5.88 Å². The zero-order valence-corrected chi connectivity index (χ0v) is 51.0. The third-order valence-corrected chi connectivity index (χ3v) is 18.8. The van der Waals surface area contributed by atoms with E-state index in [1.807, 2.05) is 18.2 Å². The van der Waals surface area contributed by atoms with Crippen LogP contribution < -0.4 is 4.18 Å². The predicted molar refractivity (Wildman–Crippen MR) is 307 cm³/mol. The highest BCUT2D eigenvalue weighted by atomic mass is 32.2. The Balaban J connectivity index is 0.000000168. The van der Waals surface area contributed by atoms with E-state index >= 15 is 0 Å². The summed E-state index contributed by atoms with van der Waals surface area (Å²) in [5.41, 5.74) is -17.1. The lowest BCUT2D eigenvalue weighted by Crippen LogP contribution is -2.33. The van der Waals surface area contributed by atoms with E-state index in [4.69, 9.17) is 0 Å². The van der Waals surface area contributed by atoms with E-state index in [2.05, 4.69) is 36.6 Å². The van der Waals surface area contributed by atoms with Crippen molar-refractivity contribution in [1.82, 2.24) is 42.3 Å². The molecule has 0 aliphatic heterocycles. The normalized spacial score (nSPS) is 15.0. The van der Waals surface area contributed by atoms with E-state index in [0.29, 0.717) is 53.2 Å². The van der Waals surface area contributed by atoms with Gasteiger partial charge in [-0.2, -0.15) is 124 Å². The zero-order chi connectivity index (χ0) is 69.3. The van der Waals surface area contributed by atoms with E-state index in [9.17, 15) is 104 Å². The summed E-state index contributed by atoms with van der Waals surface area (Å²) < 4.78 is 314. The first-order valence-corrected chi connectivity index (χ1v) is 32.2. The number of nitrogens with zero attached hydrogens (tertiary/aromatic N) is 8. The molecule has 37 heteroatoms. The molecule has 6 heterocycles. The second-order valence-electron chi connectivity index (χ2n) is 21.1. The highest BCUT2D eigenvalue weighted by Crippen LogP contribution is 2.43. The average molecular weight is 1410 g/mol. The SMILES string of the molecule is CCn1nc(C(F)(F)F)cc1-c1ccc2[nH]c(C3=CCCCC3)cc2c1.CCn1nc(C(F)(F)F)cc1-c1ccc2c(c1)cc(C1=CCCCC1)n2S(=O)(=O)C(F)(F)F.CCn1nc(C(F)(F)F)cc1-c1ccc2c(c1)cc(OS(=O)(=O)C(F)(F)F)n2S(=O)(=O)C(F)(F)F. The minimum absolute atomic E-state index is 0.0841. The van der Waals surface area contributed by atoms with Crippen LogP contribution in [0.4, 0.5) is 79.0 Å². The number of alkyl halides is 18. The molecular formula is C57H49F18N9O7S3. The summed E-state index contributed by atoms with van der Waals surface area (Å²) in [4.78, 5) is 3.43. The molecule has 2 aliphatic rings. The van der Waals surface area contributed by atoms with Gasteiger partial charge in [-0.3, -0.25) is 14.0 Å². The van der Waals surface area contributed by atoms with Crippen LogP contribution in [0.3, 0.4) is 0 Å². The summed E-state index contributed by atoms with van der Waals surface area (Å²) >= 11 is 0. The van der Waals surface area contributed by atoms with Gasteiger partial charge in [-0.05, 0) is 150 Å². The molecule has 0 bridgehead atoms. The van der Waals surface area contributed by atoms with Crippen molar-refractivity contribution >= 4 is 74.0 Å². The standard InChI is InChI=1S/C21H19F6N3O2S.C20H20F3N3.C16H10F9N3O5S2/c1-2-29-17(12-19(28-29)20(22,23)24)14-8-9-16-15(10-14)11-18(13-6-4-3-5-7-13)30(16)33(31,32)21(25,26)27;1-2-26-18(12-19(25-26)20(21,22)23)14-8-9-16-15(10-14)11-17(24-16)13-6-4-3-5-7-13;1-2-27-11(7-12(26-27)14(17,18)19)8-3-4-10-9(5-8)6-13(33-35(31,32)16(23,24)25)28(10)34(29,30)15(20,21)22/h6,8-12H,2-5,7H2,1H3;6,8-12,24H,2-5,7H2,1H3;3-7H,2H2,1H3. The first-order chi connectivity index (χ1) is 43.5. The molecule has 0 saturated heterocycles. The average Bonchev–Trinajstić information content (AvgIpc) is 1.39. The number of aromatic amines is 1. The first-order valence-electron chi connectivity index (χ1n) is 27.9. The van der Waals surface area contributed by atoms with Crippen LogP contribution in [-0.2, 0) is 68.3 Å². The Hall–Kier alpha value is -8.22. The Morgan fingerprint density at radius 2 is 0.830 bits per heavy atom. The lowest BCUT2D eigenvalue weighted by Gasteiger charge is -2.17. The van der Waals surface area contributed by atoms with Gasteiger partial charge in [-0.15, -0.1) is 0 Å². The van der Waals surface area contributed by atoms with E-state index in [0.717, 1.165) is 75.1 Å². The third-order valence-electron chi connectivity index (χ3n) is 14.9.